The van der Waals surface area contributed by atoms with Gasteiger partial charge in [0.2, 0.25) is 0 Å². The topological polar surface area (TPSA) is 95.8 Å². The standard InChI is InChI=1S/C9H7NO5/c11-9(12)8-7(15-8)5-1-3-6(4-2-5)10(13)14/h1-4,7-8H,(H,11,12)/p-1/t7-,8+/m1/s1. The van der Waals surface area contributed by atoms with E-state index in [2.05, 4.69) is 0 Å². The first-order valence-corrected chi connectivity index (χ1v) is 4.20. The monoisotopic (exact) mass is 208 g/mol. The number of rotatable bonds is 3. The van der Waals surface area contributed by atoms with Gasteiger partial charge in [-0.25, -0.2) is 0 Å². The number of carbonyl (C=O) groups excluding carboxylic acids is 1. The maximum absolute atomic E-state index is 10.4. The molecular formula is C9H6NO5-. The summed E-state index contributed by atoms with van der Waals surface area (Å²) in [4.78, 5) is 20.2. The third-order valence-corrected chi connectivity index (χ3v) is 2.16. The molecule has 0 amide bonds. The summed E-state index contributed by atoms with van der Waals surface area (Å²) in [5.74, 6) is -1.27. The smallest absolute Gasteiger partial charge is 0.269 e. The predicted molar refractivity (Wildman–Crippen MR) is 45.7 cm³/mol. The number of hydrogen-bond donors (Lipinski definition) is 0. The Hall–Kier alpha value is -1.95. The molecule has 78 valence electrons. The van der Waals surface area contributed by atoms with Crippen LogP contribution < -0.4 is 5.11 Å². The molecular weight excluding hydrogens is 202 g/mol. The summed E-state index contributed by atoms with van der Waals surface area (Å²) in [6.07, 6.45) is -1.46. The van der Waals surface area contributed by atoms with Crippen LogP contribution in [0.25, 0.3) is 0 Å². The first-order valence-electron chi connectivity index (χ1n) is 4.20. The van der Waals surface area contributed by atoms with Crippen LogP contribution in [0.4, 0.5) is 5.69 Å². The van der Waals surface area contributed by atoms with Crippen LogP contribution in [-0.2, 0) is 9.53 Å². The molecule has 0 radical (unpaired) electrons. The molecule has 0 aromatic heterocycles. The lowest BCUT2D eigenvalue weighted by molar-refractivity contribution is -0.384. The Balaban J connectivity index is 2.12. The molecule has 1 aromatic carbocycles. The first-order chi connectivity index (χ1) is 7.09. The summed E-state index contributed by atoms with van der Waals surface area (Å²) in [5, 5.41) is 20.7. The van der Waals surface area contributed by atoms with Crippen molar-refractivity contribution >= 4 is 11.7 Å². The largest absolute Gasteiger partial charge is 0.547 e. The van der Waals surface area contributed by atoms with Crippen LogP contribution in [0.1, 0.15) is 11.7 Å². The van der Waals surface area contributed by atoms with Crippen LogP contribution in [-0.4, -0.2) is 17.0 Å². The number of carboxylic acid groups (broad SMARTS) is 1. The molecule has 1 fully saturated rings. The molecule has 0 N–H and O–H groups in total. The average Bonchev–Trinajstić information content (AvgIpc) is 2.97. The first kappa shape index (κ1) is 9.60. The number of nitro groups is 1. The summed E-state index contributed by atoms with van der Waals surface area (Å²) in [6.45, 7) is 0. The number of carboxylic acids is 1. The molecule has 0 aliphatic carbocycles. The number of nitrogens with zero attached hydrogens (tertiary/aromatic N) is 1. The quantitative estimate of drug-likeness (QED) is 0.389. The number of aliphatic carboxylic acids is 1. The Kier molecular flexibility index (Phi) is 2.12. The summed E-state index contributed by atoms with van der Waals surface area (Å²) >= 11 is 0. The lowest BCUT2D eigenvalue weighted by Crippen LogP contribution is -2.28. The molecule has 2 atom stereocenters. The van der Waals surface area contributed by atoms with E-state index >= 15 is 0 Å². The summed E-state index contributed by atoms with van der Waals surface area (Å²) in [5.41, 5.74) is 0.569. The van der Waals surface area contributed by atoms with Crippen molar-refractivity contribution < 1.29 is 19.6 Å². The maximum Gasteiger partial charge on any atom is 0.269 e. The Bertz CT molecular complexity index is 413. The lowest BCUT2D eigenvalue weighted by Gasteiger charge is -1.96. The number of nitro benzene ring substituents is 1. The van der Waals surface area contributed by atoms with E-state index in [1.165, 1.54) is 24.3 Å². The van der Waals surface area contributed by atoms with Gasteiger partial charge in [-0.05, 0) is 17.7 Å². The van der Waals surface area contributed by atoms with Crippen LogP contribution >= 0.6 is 0 Å². The molecule has 1 aliphatic rings. The molecule has 6 heteroatoms. The highest BCUT2D eigenvalue weighted by molar-refractivity contribution is 5.74. The van der Waals surface area contributed by atoms with Gasteiger partial charge in [0.15, 0.2) is 0 Å². The summed E-state index contributed by atoms with van der Waals surface area (Å²) < 4.78 is 4.83. The van der Waals surface area contributed by atoms with Crippen LogP contribution in [0.3, 0.4) is 0 Å². The third-order valence-electron chi connectivity index (χ3n) is 2.16. The Morgan fingerprint density at radius 1 is 1.33 bits per heavy atom. The second kappa shape index (κ2) is 3.32. The number of non-ortho nitro benzene ring substituents is 1. The van der Waals surface area contributed by atoms with Crippen molar-refractivity contribution in [3.63, 3.8) is 0 Å². The highest BCUT2D eigenvalue weighted by Gasteiger charge is 2.41. The highest BCUT2D eigenvalue weighted by Crippen LogP contribution is 2.38. The average molecular weight is 208 g/mol. The number of benzene rings is 1. The van der Waals surface area contributed by atoms with Crippen molar-refractivity contribution in [1.29, 1.82) is 0 Å². The normalized spacial score (nSPS) is 23.5. The molecule has 1 heterocycles. The molecule has 0 spiro atoms. The fourth-order valence-electron chi connectivity index (χ4n) is 1.33. The van der Waals surface area contributed by atoms with Crippen molar-refractivity contribution in [3.05, 3.63) is 39.9 Å². The second-order valence-electron chi connectivity index (χ2n) is 3.14. The van der Waals surface area contributed by atoms with Gasteiger partial charge >= 0.3 is 0 Å². The van der Waals surface area contributed by atoms with Gasteiger partial charge in [0, 0.05) is 12.1 Å². The second-order valence-corrected chi connectivity index (χ2v) is 3.14. The van der Waals surface area contributed by atoms with E-state index in [1.54, 1.807) is 0 Å². The predicted octanol–water partition coefficient (Wildman–Crippen LogP) is -0.215. The number of ether oxygens (including phenoxy) is 1. The Morgan fingerprint density at radius 3 is 2.33 bits per heavy atom. The van der Waals surface area contributed by atoms with Gasteiger partial charge in [-0.2, -0.15) is 0 Å². The van der Waals surface area contributed by atoms with E-state index < -0.39 is 23.1 Å². The van der Waals surface area contributed by atoms with Gasteiger partial charge in [0.1, 0.15) is 12.2 Å². The van der Waals surface area contributed by atoms with E-state index in [4.69, 9.17) is 4.74 Å². The van der Waals surface area contributed by atoms with E-state index in [-0.39, 0.29) is 5.69 Å². The van der Waals surface area contributed by atoms with Crippen molar-refractivity contribution in [1.82, 2.24) is 0 Å². The number of hydrogen-bond acceptors (Lipinski definition) is 5. The van der Waals surface area contributed by atoms with Crippen molar-refractivity contribution in [2.75, 3.05) is 0 Å². The Morgan fingerprint density at radius 2 is 1.93 bits per heavy atom. The zero-order valence-corrected chi connectivity index (χ0v) is 7.45. The van der Waals surface area contributed by atoms with Gasteiger partial charge < -0.3 is 14.6 Å². The molecule has 0 saturated carbocycles. The SMILES string of the molecule is O=C([O-])[C@H]1O[C@@H]1c1ccc([N+](=O)[O-])cc1. The molecule has 0 bridgehead atoms. The lowest BCUT2D eigenvalue weighted by atomic mass is 10.1. The number of carbonyl (C=O) groups is 1. The molecule has 1 aliphatic heterocycles. The fraction of sp³-hybridized carbons (Fsp3) is 0.222. The van der Waals surface area contributed by atoms with Crippen LogP contribution in [0.5, 0.6) is 0 Å². The molecule has 6 nitrogen and oxygen atoms in total. The van der Waals surface area contributed by atoms with Gasteiger partial charge in [-0.1, -0.05) is 0 Å². The minimum Gasteiger partial charge on any atom is -0.547 e. The van der Waals surface area contributed by atoms with Crippen molar-refractivity contribution in [2.45, 2.75) is 12.2 Å². The molecule has 1 aromatic rings. The van der Waals surface area contributed by atoms with E-state index in [1.807, 2.05) is 0 Å². The van der Waals surface area contributed by atoms with Crippen LogP contribution in [0, 0.1) is 10.1 Å². The molecule has 1 saturated heterocycles. The minimum absolute atomic E-state index is 0.0376. The van der Waals surface area contributed by atoms with Gasteiger partial charge in [-0.3, -0.25) is 10.1 Å². The summed E-state index contributed by atoms with van der Waals surface area (Å²) in [6, 6.07) is 5.57. The minimum atomic E-state index is -1.27. The van der Waals surface area contributed by atoms with Crippen molar-refractivity contribution in [2.24, 2.45) is 0 Å². The summed E-state index contributed by atoms with van der Waals surface area (Å²) in [7, 11) is 0. The van der Waals surface area contributed by atoms with E-state index in [0.29, 0.717) is 5.56 Å². The Labute approximate surface area is 84.2 Å². The van der Waals surface area contributed by atoms with Crippen LogP contribution in [0.2, 0.25) is 0 Å². The molecule has 15 heavy (non-hydrogen) atoms. The number of epoxide rings is 1. The third kappa shape index (κ3) is 1.79. The zero-order valence-electron chi connectivity index (χ0n) is 7.45. The molecule has 0 unspecified atom stereocenters. The van der Waals surface area contributed by atoms with Gasteiger partial charge in [0.05, 0.1) is 10.9 Å². The maximum atomic E-state index is 10.4. The highest BCUT2D eigenvalue weighted by atomic mass is 16.6. The van der Waals surface area contributed by atoms with E-state index in [9.17, 15) is 20.0 Å². The van der Waals surface area contributed by atoms with Gasteiger partial charge in [-0.15, -0.1) is 0 Å². The van der Waals surface area contributed by atoms with Crippen LogP contribution in [0.15, 0.2) is 24.3 Å². The zero-order chi connectivity index (χ0) is 11.0. The molecule has 2 rings (SSSR count). The van der Waals surface area contributed by atoms with E-state index in [0.717, 1.165) is 0 Å². The fourth-order valence-corrected chi connectivity index (χ4v) is 1.33. The van der Waals surface area contributed by atoms with Crippen molar-refractivity contribution in [3.8, 4) is 0 Å². The van der Waals surface area contributed by atoms with Gasteiger partial charge in [0.25, 0.3) is 5.69 Å².